The van der Waals surface area contributed by atoms with E-state index in [4.69, 9.17) is 10.2 Å². The summed E-state index contributed by atoms with van der Waals surface area (Å²) < 4.78 is 27.3. The fraction of sp³-hybridized carbons (Fsp3) is 0.583. The smallest absolute Gasteiger partial charge is 0.345 e. The Kier molecular flexibility index (Phi) is 5.31. The van der Waals surface area contributed by atoms with Crippen molar-refractivity contribution < 1.29 is 23.4 Å². The third kappa shape index (κ3) is 3.78. The molecule has 1 heterocycles. The van der Waals surface area contributed by atoms with Gasteiger partial charge in [0.25, 0.3) is 0 Å². The normalized spacial score (nSPS) is 15.0. The number of hydrogen-bond acceptors (Lipinski definition) is 5. The highest BCUT2D eigenvalue weighted by Gasteiger charge is 2.31. The maximum Gasteiger partial charge on any atom is 0.345 e. The number of aryl methyl sites for hydroxylation is 1. The van der Waals surface area contributed by atoms with Crippen molar-refractivity contribution >= 4 is 27.3 Å². The highest BCUT2D eigenvalue weighted by atomic mass is 32.2. The summed E-state index contributed by atoms with van der Waals surface area (Å²) in [7, 11) is -3.81. The topological polar surface area (TPSA) is 104 Å². The molecule has 6 nitrogen and oxygen atoms in total. The molecule has 1 atom stereocenters. The molecule has 0 bridgehead atoms. The van der Waals surface area contributed by atoms with Crippen LogP contribution >= 0.6 is 11.3 Å². The van der Waals surface area contributed by atoms with Gasteiger partial charge < -0.3 is 10.2 Å². The Balaban J connectivity index is 3.14. The van der Waals surface area contributed by atoms with Crippen LogP contribution in [0.5, 0.6) is 0 Å². The molecule has 0 saturated heterocycles. The Morgan fingerprint density at radius 1 is 1.50 bits per heavy atom. The minimum absolute atomic E-state index is 0.0109. The van der Waals surface area contributed by atoms with Gasteiger partial charge in [0.05, 0.1) is 4.90 Å². The number of carbonyl (C=O) groups is 1. The number of carboxylic acids is 1. The van der Waals surface area contributed by atoms with Gasteiger partial charge in [0.2, 0.25) is 10.0 Å². The monoisotopic (exact) mass is 321 g/mol. The van der Waals surface area contributed by atoms with Crippen LogP contribution in [0.1, 0.15) is 41.2 Å². The number of aliphatic hydroxyl groups is 1. The van der Waals surface area contributed by atoms with Crippen molar-refractivity contribution in [2.24, 2.45) is 0 Å². The van der Waals surface area contributed by atoms with Gasteiger partial charge in [-0.1, -0.05) is 6.92 Å². The van der Waals surface area contributed by atoms with Crippen molar-refractivity contribution in [2.45, 2.75) is 44.0 Å². The molecule has 114 valence electrons. The highest BCUT2D eigenvalue weighted by Crippen LogP contribution is 2.27. The molecule has 0 aliphatic heterocycles. The van der Waals surface area contributed by atoms with Crippen LogP contribution in [0.25, 0.3) is 0 Å². The van der Waals surface area contributed by atoms with E-state index in [2.05, 4.69) is 4.72 Å². The van der Waals surface area contributed by atoms with E-state index in [-0.39, 0.29) is 22.8 Å². The van der Waals surface area contributed by atoms with Gasteiger partial charge in [-0.15, -0.1) is 11.3 Å². The van der Waals surface area contributed by atoms with Crippen LogP contribution in [0.4, 0.5) is 0 Å². The van der Waals surface area contributed by atoms with Crippen LogP contribution < -0.4 is 4.72 Å². The molecule has 0 aliphatic carbocycles. The summed E-state index contributed by atoms with van der Waals surface area (Å²) in [6, 6.07) is 1.17. The first kappa shape index (κ1) is 17.1. The molecule has 0 aliphatic rings. The molecule has 1 unspecified atom stereocenters. The maximum atomic E-state index is 12.4. The lowest BCUT2D eigenvalue weighted by Gasteiger charge is -2.28. The van der Waals surface area contributed by atoms with Gasteiger partial charge in [0, 0.05) is 17.0 Å². The minimum Gasteiger partial charge on any atom is -0.477 e. The van der Waals surface area contributed by atoms with Gasteiger partial charge in [-0.3, -0.25) is 0 Å². The Morgan fingerprint density at radius 3 is 2.50 bits per heavy atom. The van der Waals surface area contributed by atoms with E-state index in [1.807, 2.05) is 6.92 Å². The molecule has 8 heteroatoms. The number of sulfonamides is 1. The lowest BCUT2D eigenvalue weighted by molar-refractivity contribution is 0.0702. The van der Waals surface area contributed by atoms with Gasteiger partial charge in [-0.05, 0) is 32.8 Å². The van der Waals surface area contributed by atoms with Crippen LogP contribution in [0, 0.1) is 6.92 Å². The minimum atomic E-state index is -3.81. The van der Waals surface area contributed by atoms with E-state index in [0.29, 0.717) is 11.3 Å². The molecule has 20 heavy (non-hydrogen) atoms. The first-order chi connectivity index (χ1) is 9.15. The van der Waals surface area contributed by atoms with Crippen LogP contribution in [-0.4, -0.2) is 36.7 Å². The van der Waals surface area contributed by atoms with Crippen molar-refractivity contribution in [2.75, 3.05) is 6.61 Å². The van der Waals surface area contributed by atoms with Crippen LogP contribution in [-0.2, 0) is 10.0 Å². The molecule has 0 saturated carbocycles. The second-order valence-corrected chi connectivity index (χ2v) is 7.74. The average Bonchev–Trinajstić information content (AvgIpc) is 2.72. The Morgan fingerprint density at radius 2 is 2.10 bits per heavy atom. The molecule has 0 fully saturated rings. The Labute approximate surface area is 122 Å². The summed E-state index contributed by atoms with van der Waals surface area (Å²) in [4.78, 5) is 11.3. The fourth-order valence-corrected chi connectivity index (χ4v) is 4.70. The third-order valence-corrected chi connectivity index (χ3v) is 6.13. The zero-order valence-electron chi connectivity index (χ0n) is 11.6. The summed E-state index contributed by atoms with van der Waals surface area (Å²) in [5, 5.41) is 17.9. The summed E-state index contributed by atoms with van der Waals surface area (Å²) >= 11 is 0.928. The predicted octanol–water partition coefficient (Wildman–Crippen LogP) is 1.58. The van der Waals surface area contributed by atoms with Crippen molar-refractivity contribution in [3.63, 3.8) is 0 Å². The van der Waals surface area contributed by atoms with Gasteiger partial charge in [-0.25, -0.2) is 17.9 Å². The van der Waals surface area contributed by atoms with E-state index < -0.39 is 21.5 Å². The van der Waals surface area contributed by atoms with Crippen molar-refractivity contribution in [3.8, 4) is 0 Å². The molecular formula is C12H19NO5S2. The van der Waals surface area contributed by atoms with Crippen LogP contribution in [0.2, 0.25) is 0 Å². The average molecular weight is 321 g/mol. The van der Waals surface area contributed by atoms with Crippen LogP contribution in [0.15, 0.2) is 11.0 Å². The van der Waals surface area contributed by atoms with E-state index >= 15 is 0 Å². The Hall–Kier alpha value is -0.960. The van der Waals surface area contributed by atoms with E-state index in [0.717, 1.165) is 11.3 Å². The second kappa shape index (κ2) is 6.21. The van der Waals surface area contributed by atoms with Crippen molar-refractivity contribution in [3.05, 3.63) is 15.8 Å². The van der Waals surface area contributed by atoms with Gasteiger partial charge in [0.15, 0.2) is 0 Å². The second-order valence-electron chi connectivity index (χ2n) is 4.83. The zero-order valence-corrected chi connectivity index (χ0v) is 13.3. The number of thiophene rings is 1. The van der Waals surface area contributed by atoms with E-state index in [1.165, 1.54) is 6.07 Å². The van der Waals surface area contributed by atoms with Gasteiger partial charge >= 0.3 is 5.97 Å². The predicted molar refractivity (Wildman–Crippen MR) is 76.7 cm³/mol. The summed E-state index contributed by atoms with van der Waals surface area (Å²) in [5.41, 5.74) is -0.759. The molecule has 3 N–H and O–H groups in total. The van der Waals surface area contributed by atoms with Gasteiger partial charge in [0.1, 0.15) is 4.88 Å². The summed E-state index contributed by atoms with van der Waals surface area (Å²) in [6.45, 7) is 4.97. The largest absolute Gasteiger partial charge is 0.477 e. The molecule has 1 aromatic rings. The number of rotatable bonds is 7. The van der Waals surface area contributed by atoms with Crippen molar-refractivity contribution in [1.29, 1.82) is 0 Å². The third-order valence-electron chi connectivity index (χ3n) is 3.20. The molecular weight excluding hydrogens is 302 g/mol. The quantitative estimate of drug-likeness (QED) is 0.707. The summed E-state index contributed by atoms with van der Waals surface area (Å²) in [6.07, 6.45) is 0.805. The van der Waals surface area contributed by atoms with E-state index in [1.54, 1.807) is 13.8 Å². The van der Waals surface area contributed by atoms with Crippen molar-refractivity contribution in [1.82, 2.24) is 4.72 Å². The fourth-order valence-electron chi connectivity index (χ4n) is 1.76. The lowest BCUT2D eigenvalue weighted by Crippen LogP contribution is -2.46. The SMILES string of the molecule is CCC(C)(CCO)NS(=O)(=O)c1cc(C(=O)O)sc1C. The molecule has 1 aromatic heterocycles. The number of aliphatic hydroxyl groups excluding tert-OH is 1. The Bertz CT molecular complexity index is 593. The molecule has 0 radical (unpaired) electrons. The lowest BCUT2D eigenvalue weighted by atomic mass is 9.97. The van der Waals surface area contributed by atoms with E-state index in [9.17, 15) is 13.2 Å². The summed E-state index contributed by atoms with van der Waals surface area (Å²) in [5.74, 6) is -1.15. The molecule has 0 amide bonds. The first-order valence-electron chi connectivity index (χ1n) is 6.14. The van der Waals surface area contributed by atoms with Gasteiger partial charge in [-0.2, -0.15) is 0 Å². The highest BCUT2D eigenvalue weighted by molar-refractivity contribution is 7.89. The number of hydrogen-bond donors (Lipinski definition) is 3. The molecule has 0 aromatic carbocycles. The number of carboxylic acid groups (broad SMARTS) is 1. The molecule has 1 rings (SSSR count). The van der Waals surface area contributed by atoms with Crippen LogP contribution in [0.3, 0.4) is 0 Å². The molecule has 0 spiro atoms. The zero-order chi connectivity index (χ0) is 15.6. The maximum absolute atomic E-state index is 12.4. The first-order valence-corrected chi connectivity index (χ1v) is 8.44. The number of aromatic carboxylic acids is 1. The standard InChI is InChI=1S/C12H19NO5S2/c1-4-12(3,5-6-14)13-20(17,18)10-7-9(11(15)16)19-8(10)2/h7,13-14H,4-6H2,1-3H3,(H,15,16). The number of nitrogens with one attached hydrogen (secondary N) is 1.